The summed E-state index contributed by atoms with van der Waals surface area (Å²) in [4.78, 5) is 39.2. The average molecular weight is 1180 g/mol. The molecular formula is C69H91N11O3Si2. The second-order valence-electron chi connectivity index (χ2n) is 25.3. The van der Waals surface area contributed by atoms with Crippen LogP contribution in [0.1, 0.15) is 177 Å². The number of nitrogen functional groups attached to an aromatic ring is 1. The lowest BCUT2D eigenvalue weighted by molar-refractivity contribution is 0.0781. The topological polar surface area (TPSA) is 180 Å². The highest BCUT2D eigenvalue weighted by Gasteiger charge is 2.53. The van der Waals surface area contributed by atoms with Gasteiger partial charge in [0.05, 0.1) is 29.3 Å². The van der Waals surface area contributed by atoms with Crippen LogP contribution < -0.4 is 5.73 Å². The van der Waals surface area contributed by atoms with Crippen LogP contribution in [0, 0.1) is 11.8 Å². The lowest BCUT2D eigenvalue weighted by Gasteiger charge is -2.49. The van der Waals surface area contributed by atoms with Crippen molar-refractivity contribution in [3.63, 3.8) is 0 Å². The Balaban J connectivity index is 0.000000222. The van der Waals surface area contributed by atoms with Crippen molar-refractivity contribution in [3.8, 4) is 45.4 Å². The number of pyridine rings is 2. The maximum absolute atomic E-state index is 13.7. The van der Waals surface area contributed by atoms with Gasteiger partial charge >= 0.3 is 0 Å². The number of fused-ring (bicyclic) bond motifs is 2. The minimum Gasteiger partial charge on any atom is -0.401 e. The summed E-state index contributed by atoms with van der Waals surface area (Å²) in [5.41, 5.74) is 17.5. The standard InChI is InChI=1S/C35H47N7OSi.C34H44N4O2Si/c1-10-35(28-14-12-11-13-15-28,43-44(23(4)5,24(6)7)25(8)9)32-17-31(40-34(36)41-32)30-20-38-33-29(30)16-26(18-37-33)27-19-39-42(21-27)22(2)3;1-10-34(29-14-12-11-13-15-29,40-41(24(4)5,25(6)7)26(8)9)17-16-32(39)31-21-36-33-30(31)18-27(19-35-33)28-20-37-38(22-28)23(2)3/h11-25H,10H2,1-9H3,(H,37,38)(H2,36,40,41);11-15,18-26H,10H2,1-9H3,(H,35,36). The molecule has 0 aliphatic rings. The summed E-state index contributed by atoms with van der Waals surface area (Å²) in [5.74, 6) is 6.39. The van der Waals surface area contributed by atoms with Gasteiger partial charge in [-0.3, -0.25) is 14.2 Å². The predicted octanol–water partition coefficient (Wildman–Crippen LogP) is 17.6. The van der Waals surface area contributed by atoms with Gasteiger partial charge in [-0.2, -0.15) is 10.2 Å². The van der Waals surface area contributed by atoms with Gasteiger partial charge < -0.3 is 24.6 Å². The van der Waals surface area contributed by atoms with Gasteiger partial charge in [0, 0.05) is 87.9 Å². The molecule has 7 heterocycles. The van der Waals surface area contributed by atoms with Crippen LogP contribution in [0.15, 0.2) is 128 Å². The third-order valence-electron chi connectivity index (χ3n) is 17.6. The number of benzene rings is 2. The van der Waals surface area contributed by atoms with Crippen molar-refractivity contribution in [2.45, 2.75) is 194 Å². The second kappa shape index (κ2) is 26.1. The van der Waals surface area contributed by atoms with Crippen molar-refractivity contribution in [2.75, 3.05) is 5.73 Å². The van der Waals surface area contributed by atoms with Crippen LogP contribution in [0.5, 0.6) is 0 Å². The van der Waals surface area contributed by atoms with Gasteiger partial charge in [-0.25, -0.2) is 19.9 Å². The molecule has 0 saturated carbocycles. The van der Waals surface area contributed by atoms with E-state index < -0.39 is 27.8 Å². The first-order valence-corrected chi connectivity index (χ1v) is 34.9. The van der Waals surface area contributed by atoms with E-state index in [9.17, 15) is 4.79 Å². The Hall–Kier alpha value is -7.30. The zero-order chi connectivity index (χ0) is 61.8. The van der Waals surface area contributed by atoms with Crippen molar-refractivity contribution in [1.29, 1.82) is 0 Å². The third kappa shape index (κ3) is 12.5. The number of carbonyl (C=O) groups is 1. The Bertz CT molecular complexity index is 3730. The van der Waals surface area contributed by atoms with Gasteiger partial charge in [0.2, 0.25) is 28.4 Å². The van der Waals surface area contributed by atoms with Crippen LogP contribution in [0.3, 0.4) is 0 Å². The maximum Gasteiger partial charge on any atom is 0.238 e. The number of hydrogen-bond acceptors (Lipinski definition) is 10. The fourth-order valence-electron chi connectivity index (χ4n) is 13.3. The molecule has 9 aromatic rings. The monoisotopic (exact) mass is 1180 g/mol. The molecule has 0 radical (unpaired) electrons. The molecule has 7 aromatic heterocycles. The predicted molar refractivity (Wildman–Crippen MR) is 353 cm³/mol. The lowest BCUT2D eigenvalue weighted by Crippen LogP contribution is -2.54. The van der Waals surface area contributed by atoms with Crippen LogP contribution >= 0.6 is 0 Å². The molecule has 16 heteroatoms. The Morgan fingerprint density at radius 3 is 1.52 bits per heavy atom. The van der Waals surface area contributed by atoms with Crippen LogP contribution in [-0.4, -0.2) is 71.9 Å². The zero-order valence-corrected chi connectivity index (χ0v) is 55.5. The number of nitrogens with two attached hydrogens (primary N) is 1. The van der Waals surface area contributed by atoms with Gasteiger partial charge in [0.25, 0.3) is 0 Å². The minimum absolute atomic E-state index is 0.220. The van der Waals surface area contributed by atoms with Crippen LogP contribution in [0.25, 0.3) is 55.6 Å². The van der Waals surface area contributed by atoms with Gasteiger partial charge in [-0.05, 0) is 109 Å². The first-order chi connectivity index (χ1) is 40.4. The number of anilines is 1. The summed E-state index contributed by atoms with van der Waals surface area (Å²) in [5, 5.41) is 10.7. The number of hydrogen-bond donors (Lipinski definition) is 3. The molecule has 4 N–H and O–H groups in total. The van der Waals surface area contributed by atoms with Crippen molar-refractivity contribution in [2.24, 2.45) is 0 Å². The summed E-state index contributed by atoms with van der Waals surface area (Å²) < 4.78 is 19.0. The first-order valence-electron chi connectivity index (χ1n) is 30.6. The summed E-state index contributed by atoms with van der Waals surface area (Å²) >= 11 is 0. The zero-order valence-electron chi connectivity index (χ0n) is 53.5. The molecule has 2 aromatic carbocycles. The molecule has 2 atom stereocenters. The molecule has 0 aliphatic heterocycles. The second-order valence-corrected chi connectivity index (χ2v) is 36.0. The van der Waals surface area contributed by atoms with Crippen molar-refractivity contribution in [3.05, 3.63) is 151 Å². The molecule has 14 nitrogen and oxygen atoms in total. The van der Waals surface area contributed by atoms with Gasteiger partial charge in [0.1, 0.15) is 22.5 Å². The Kier molecular flexibility index (Phi) is 19.6. The van der Waals surface area contributed by atoms with Gasteiger partial charge in [0.15, 0.2) is 0 Å². The van der Waals surface area contributed by atoms with E-state index in [4.69, 9.17) is 29.5 Å². The van der Waals surface area contributed by atoms with E-state index in [1.54, 1.807) is 12.4 Å². The molecule has 0 bridgehead atoms. The fraction of sp³-hybridized carbons (Fsp3) is 0.435. The summed E-state index contributed by atoms with van der Waals surface area (Å²) in [6.07, 6.45) is 16.5. The lowest BCUT2D eigenvalue weighted by atomic mass is 9.87. The highest BCUT2D eigenvalue weighted by atomic mass is 28.4. The minimum atomic E-state index is -2.37. The van der Waals surface area contributed by atoms with E-state index >= 15 is 0 Å². The van der Waals surface area contributed by atoms with E-state index in [-0.39, 0.29) is 23.8 Å². The van der Waals surface area contributed by atoms with Crippen LogP contribution in [0.4, 0.5) is 5.95 Å². The summed E-state index contributed by atoms with van der Waals surface area (Å²) in [6, 6.07) is 27.4. The van der Waals surface area contributed by atoms with Crippen molar-refractivity contribution < 1.29 is 13.6 Å². The largest absolute Gasteiger partial charge is 0.401 e. The van der Waals surface area contributed by atoms with E-state index in [2.05, 4.69) is 216 Å². The highest BCUT2D eigenvalue weighted by Crippen LogP contribution is 2.51. The number of aromatic amines is 2. The molecule has 0 spiro atoms. The fourth-order valence-corrected chi connectivity index (χ4v) is 24.6. The van der Waals surface area contributed by atoms with Gasteiger partial charge in [-0.1, -0.05) is 164 Å². The number of Topliss-reactive ketones (excluding diaryl/α,β-unsaturated/α-hetero) is 1. The Morgan fingerprint density at radius 1 is 0.576 bits per heavy atom. The number of nitrogens with one attached hydrogen (secondary N) is 2. The molecular weight excluding hydrogens is 1090 g/mol. The number of nitrogens with zero attached hydrogens (tertiary/aromatic N) is 8. The van der Waals surface area contributed by atoms with E-state index in [1.165, 1.54) is 0 Å². The molecule has 0 fully saturated rings. The Morgan fingerprint density at radius 2 is 1.05 bits per heavy atom. The van der Waals surface area contributed by atoms with Crippen molar-refractivity contribution in [1.82, 2.24) is 49.5 Å². The number of rotatable bonds is 21. The molecule has 2 unspecified atom stereocenters. The first kappa shape index (κ1) is 63.7. The number of carbonyl (C=O) groups excluding carboxylic acids is 1. The van der Waals surface area contributed by atoms with Gasteiger partial charge in [-0.15, -0.1) is 0 Å². The number of H-pyrrole nitrogens is 2. The molecule has 0 aliphatic carbocycles. The maximum atomic E-state index is 13.7. The van der Waals surface area contributed by atoms with Crippen molar-refractivity contribution >= 4 is 50.4 Å². The summed E-state index contributed by atoms with van der Waals surface area (Å²) in [7, 11) is -4.71. The average Bonchev–Trinajstić information content (AvgIpc) is 2.45. The number of ketones is 1. The number of aromatic nitrogens is 10. The quantitative estimate of drug-likeness (QED) is 0.0271. The normalized spacial score (nSPS) is 13.8. The highest BCUT2D eigenvalue weighted by molar-refractivity contribution is 6.78. The van der Waals surface area contributed by atoms with E-state index in [0.29, 0.717) is 57.3 Å². The van der Waals surface area contributed by atoms with Crippen LogP contribution in [-0.2, 0) is 20.1 Å². The molecule has 85 heavy (non-hydrogen) atoms. The molecule has 0 saturated heterocycles. The molecule has 0 amide bonds. The third-order valence-corrected chi connectivity index (χ3v) is 29.9. The summed E-state index contributed by atoms with van der Waals surface area (Å²) in [6.45, 7) is 40.3. The smallest absolute Gasteiger partial charge is 0.238 e. The molecule has 448 valence electrons. The SMILES string of the molecule is CCC(C#CC(=O)c1c[nH]c2ncc(-c3cnn(C(C)C)c3)cc12)(O[Si](C(C)C)(C(C)C)C(C)C)c1ccccc1.CCC(O[Si](C(C)C)(C(C)C)C(C)C)(c1ccccc1)c1cc(-c2c[nH]c3ncc(-c4cnn(C(C)C)c4)cc23)nc(N)n1. The van der Waals surface area contributed by atoms with E-state index in [0.717, 1.165) is 66.8 Å². The Labute approximate surface area is 506 Å². The molecule has 9 rings (SSSR count). The van der Waals surface area contributed by atoms with E-state index in [1.807, 2.05) is 70.7 Å². The van der Waals surface area contributed by atoms with Crippen LogP contribution in [0.2, 0.25) is 33.2 Å².